The highest BCUT2D eigenvalue weighted by atomic mass is 16.2. The van der Waals surface area contributed by atoms with E-state index in [4.69, 9.17) is 0 Å². The van der Waals surface area contributed by atoms with Gasteiger partial charge in [-0.15, -0.1) is 0 Å². The third-order valence-corrected chi connectivity index (χ3v) is 3.59. The number of nitrogens with one attached hydrogen (secondary N) is 3. The van der Waals surface area contributed by atoms with Gasteiger partial charge in [-0.25, -0.2) is 0 Å². The van der Waals surface area contributed by atoms with Gasteiger partial charge < -0.3 is 20.9 Å². The maximum atomic E-state index is 12.3. The van der Waals surface area contributed by atoms with Crippen LogP contribution in [-0.2, 0) is 9.59 Å². The molecule has 3 N–H and O–H groups in total. The van der Waals surface area contributed by atoms with E-state index in [0.29, 0.717) is 12.1 Å². The maximum absolute atomic E-state index is 12.3. The van der Waals surface area contributed by atoms with Crippen LogP contribution < -0.4 is 16.0 Å². The number of likely N-dealkylation sites (N-methyl/N-ethyl adjacent to an activating group) is 1. The van der Waals surface area contributed by atoms with E-state index in [-0.39, 0.29) is 36.3 Å². The molecule has 0 atom stereocenters. The predicted molar refractivity (Wildman–Crippen MR) is 103 cm³/mol. The third kappa shape index (κ3) is 7.13. The summed E-state index contributed by atoms with van der Waals surface area (Å²) < 4.78 is 0. The topological polar surface area (TPSA) is 90.5 Å². The number of benzene rings is 1. The third-order valence-electron chi connectivity index (χ3n) is 3.59. The van der Waals surface area contributed by atoms with Crippen molar-refractivity contribution in [3.05, 3.63) is 29.3 Å². The van der Waals surface area contributed by atoms with E-state index >= 15 is 0 Å². The van der Waals surface area contributed by atoms with Crippen LogP contribution in [0.4, 0.5) is 5.69 Å². The summed E-state index contributed by atoms with van der Waals surface area (Å²) in [5, 5.41) is 8.62. The molecule has 0 aromatic heterocycles. The molecule has 0 saturated heterocycles. The molecule has 0 bridgehead atoms. The number of hydrogen-bond donors (Lipinski definition) is 3. The van der Waals surface area contributed by atoms with Crippen molar-refractivity contribution in [1.82, 2.24) is 15.5 Å². The Bertz CT molecular complexity index is 665. The molecule has 0 aliphatic heterocycles. The Balaban J connectivity index is 2.65. The lowest BCUT2D eigenvalue weighted by Gasteiger charge is -2.23. The Labute approximate surface area is 155 Å². The quantitative estimate of drug-likeness (QED) is 0.686. The van der Waals surface area contributed by atoms with Crippen LogP contribution in [0.15, 0.2) is 18.2 Å². The maximum Gasteiger partial charge on any atom is 0.251 e. The van der Waals surface area contributed by atoms with E-state index in [2.05, 4.69) is 16.0 Å². The van der Waals surface area contributed by atoms with Crippen LogP contribution in [0.25, 0.3) is 0 Å². The van der Waals surface area contributed by atoms with Gasteiger partial charge in [0.25, 0.3) is 5.91 Å². The van der Waals surface area contributed by atoms with Crippen LogP contribution in [-0.4, -0.2) is 54.8 Å². The molecule has 3 amide bonds. The Morgan fingerprint density at radius 1 is 1.15 bits per heavy atom. The summed E-state index contributed by atoms with van der Waals surface area (Å²) in [5.41, 5.74) is 1.84. The van der Waals surface area contributed by atoms with Crippen molar-refractivity contribution >= 4 is 23.4 Å². The number of carbonyl (C=O) groups is 3. The first-order chi connectivity index (χ1) is 12.0. The fourth-order valence-electron chi connectivity index (χ4n) is 2.28. The average Bonchev–Trinajstić information content (AvgIpc) is 2.51. The standard InChI is InChI=1S/C19H30N4O3/c1-7-20-18(26)14-9-8-13(2)15(10-14)21-11-17(25)23(6)12-16(24)22-19(3,4)5/h8-10,21H,7,11-12H2,1-6H3,(H,20,26)(H,22,24). The summed E-state index contributed by atoms with van der Waals surface area (Å²) in [6, 6.07) is 5.30. The molecule has 1 rings (SSSR count). The summed E-state index contributed by atoms with van der Waals surface area (Å²) in [4.78, 5) is 37.5. The number of aryl methyl sites for hydroxylation is 1. The highest BCUT2D eigenvalue weighted by Crippen LogP contribution is 2.16. The molecule has 0 fully saturated rings. The van der Waals surface area contributed by atoms with Crippen LogP contribution in [0.1, 0.15) is 43.6 Å². The van der Waals surface area contributed by atoms with Crippen LogP contribution in [0.2, 0.25) is 0 Å². The van der Waals surface area contributed by atoms with Gasteiger partial charge in [-0.1, -0.05) is 6.07 Å². The van der Waals surface area contributed by atoms with Gasteiger partial charge in [0.15, 0.2) is 0 Å². The first-order valence-corrected chi connectivity index (χ1v) is 8.71. The average molecular weight is 362 g/mol. The lowest BCUT2D eigenvalue weighted by molar-refractivity contribution is -0.133. The molecule has 0 radical (unpaired) electrons. The van der Waals surface area contributed by atoms with Crippen molar-refractivity contribution in [1.29, 1.82) is 0 Å². The van der Waals surface area contributed by atoms with E-state index in [1.807, 2.05) is 40.7 Å². The van der Waals surface area contributed by atoms with Crippen LogP contribution >= 0.6 is 0 Å². The number of amides is 3. The number of rotatable bonds is 7. The number of carbonyl (C=O) groups excluding carboxylic acids is 3. The molecule has 0 aliphatic rings. The van der Waals surface area contributed by atoms with Gasteiger partial charge >= 0.3 is 0 Å². The molecule has 0 unspecified atom stereocenters. The van der Waals surface area contributed by atoms with E-state index in [0.717, 1.165) is 11.3 Å². The molecule has 0 spiro atoms. The second-order valence-electron chi connectivity index (χ2n) is 7.29. The molecule has 1 aromatic carbocycles. The second kappa shape index (κ2) is 9.22. The molecular weight excluding hydrogens is 332 g/mol. The molecule has 0 heterocycles. The minimum atomic E-state index is -0.337. The number of hydrogen-bond acceptors (Lipinski definition) is 4. The van der Waals surface area contributed by atoms with Gasteiger partial charge in [-0.3, -0.25) is 14.4 Å². The van der Waals surface area contributed by atoms with Gasteiger partial charge in [0.2, 0.25) is 11.8 Å². The number of nitrogens with zero attached hydrogens (tertiary/aromatic N) is 1. The Morgan fingerprint density at radius 3 is 2.38 bits per heavy atom. The molecule has 26 heavy (non-hydrogen) atoms. The molecule has 144 valence electrons. The summed E-state index contributed by atoms with van der Waals surface area (Å²) in [5.74, 6) is -0.572. The largest absolute Gasteiger partial charge is 0.376 e. The summed E-state index contributed by atoms with van der Waals surface area (Å²) in [6.45, 7) is 10.0. The van der Waals surface area contributed by atoms with Crippen LogP contribution in [0, 0.1) is 6.92 Å². The highest BCUT2D eigenvalue weighted by molar-refractivity contribution is 5.95. The van der Waals surface area contributed by atoms with Gasteiger partial charge in [0.1, 0.15) is 0 Å². The summed E-state index contributed by atoms with van der Waals surface area (Å²) in [6.07, 6.45) is 0. The van der Waals surface area contributed by atoms with Gasteiger partial charge in [0.05, 0.1) is 13.1 Å². The van der Waals surface area contributed by atoms with E-state index < -0.39 is 0 Å². The molecule has 1 aromatic rings. The Morgan fingerprint density at radius 2 is 1.81 bits per heavy atom. The van der Waals surface area contributed by atoms with Crippen molar-refractivity contribution in [2.45, 2.75) is 40.2 Å². The zero-order chi connectivity index (χ0) is 19.9. The minimum absolute atomic E-state index is 0.00425. The normalized spacial score (nSPS) is 10.8. The lowest BCUT2D eigenvalue weighted by Crippen LogP contribution is -2.47. The fraction of sp³-hybridized carbons (Fsp3) is 0.526. The van der Waals surface area contributed by atoms with Crippen molar-refractivity contribution in [2.24, 2.45) is 0 Å². The smallest absolute Gasteiger partial charge is 0.251 e. The highest BCUT2D eigenvalue weighted by Gasteiger charge is 2.18. The van der Waals surface area contributed by atoms with Crippen molar-refractivity contribution < 1.29 is 14.4 Å². The van der Waals surface area contributed by atoms with Crippen molar-refractivity contribution in [2.75, 3.05) is 32.0 Å². The van der Waals surface area contributed by atoms with Gasteiger partial charge in [-0.2, -0.15) is 0 Å². The van der Waals surface area contributed by atoms with E-state index in [9.17, 15) is 14.4 Å². The fourth-order valence-corrected chi connectivity index (χ4v) is 2.28. The summed E-state index contributed by atoms with van der Waals surface area (Å²) >= 11 is 0. The van der Waals surface area contributed by atoms with E-state index in [1.165, 1.54) is 4.90 Å². The van der Waals surface area contributed by atoms with Crippen molar-refractivity contribution in [3.8, 4) is 0 Å². The second-order valence-corrected chi connectivity index (χ2v) is 7.29. The first-order valence-electron chi connectivity index (χ1n) is 8.71. The van der Waals surface area contributed by atoms with Crippen LogP contribution in [0.3, 0.4) is 0 Å². The Kier molecular flexibility index (Phi) is 7.61. The zero-order valence-corrected chi connectivity index (χ0v) is 16.5. The van der Waals surface area contributed by atoms with Crippen molar-refractivity contribution in [3.63, 3.8) is 0 Å². The monoisotopic (exact) mass is 362 g/mol. The van der Waals surface area contributed by atoms with E-state index in [1.54, 1.807) is 19.2 Å². The molecule has 7 heteroatoms. The van der Waals surface area contributed by atoms with Gasteiger partial charge in [-0.05, 0) is 52.3 Å². The molecule has 0 saturated carbocycles. The van der Waals surface area contributed by atoms with Crippen LogP contribution in [0.5, 0.6) is 0 Å². The van der Waals surface area contributed by atoms with Gasteiger partial charge in [0, 0.05) is 30.4 Å². The zero-order valence-electron chi connectivity index (χ0n) is 16.5. The molecule has 0 aliphatic carbocycles. The minimum Gasteiger partial charge on any atom is -0.376 e. The number of anilines is 1. The molecule has 7 nitrogen and oxygen atoms in total. The SMILES string of the molecule is CCNC(=O)c1ccc(C)c(NCC(=O)N(C)CC(=O)NC(C)(C)C)c1. The summed E-state index contributed by atoms with van der Waals surface area (Å²) in [7, 11) is 1.59. The lowest BCUT2D eigenvalue weighted by atomic mass is 10.1. The predicted octanol–water partition coefficient (Wildman–Crippen LogP) is 1.53. The Hall–Kier alpha value is -2.57. The molecular formula is C19H30N4O3. The first kappa shape index (κ1) is 21.5.